The minimum absolute atomic E-state index is 0.0240. The second-order valence-corrected chi connectivity index (χ2v) is 5.99. The van der Waals surface area contributed by atoms with Gasteiger partial charge in [0, 0.05) is 5.56 Å². The molecule has 0 spiro atoms. The predicted octanol–water partition coefficient (Wildman–Crippen LogP) is 3.34. The quantitative estimate of drug-likeness (QED) is 0.790. The average molecular weight is 343 g/mol. The van der Waals surface area contributed by atoms with Crippen molar-refractivity contribution in [1.29, 1.82) is 0 Å². The van der Waals surface area contributed by atoms with Gasteiger partial charge in [-0.2, -0.15) is 0 Å². The van der Waals surface area contributed by atoms with Crippen molar-refractivity contribution in [1.82, 2.24) is 5.43 Å². The van der Waals surface area contributed by atoms with Gasteiger partial charge in [0.05, 0.1) is 18.0 Å². The zero-order valence-electron chi connectivity index (χ0n) is 14.2. The molecule has 1 N–H and O–H groups in total. The molecular formula is C21H19N4O. The number of aliphatic hydroxyl groups excluding tert-OH is 1. The molecule has 0 aromatic heterocycles. The van der Waals surface area contributed by atoms with Gasteiger partial charge in [-0.1, -0.05) is 60.7 Å². The number of anilines is 2. The topological polar surface area (TPSA) is 53.2 Å². The van der Waals surface area contributed by atoms with Crippen LogP contribution in [0.2, 0.25) is 0 Å². The number of rotatable bonds is 4. The lowest BCUT2D eigenvalue weighted by Gasteiger charge is -2.34. The van der Waals surface area contributed by atoms with Crippen molar-refractivity contribution in [2.24, 2.45) is 5.10 Å². The SMILES string of the molecule is OCc1ccc(C2=NN(c3ccccc3)CN(c3ccccc3)[N]2)cc1. The van der Waals surface area contributed by atoms with Crippen molar-refractivity contribution >= 4 is 17.2 Å². The molecule has 3 aromatic rings. The van der Waals surface area contributed by atoms with Crippen molar-refractivity contribution in [3.05, 3.63) is 96.1 Å². The van der Waals surface area contributed by atoms with Crippen LogP contribution in [0.1, 0.15) is 11.1 Å². The van der Waals surface area contributed by atoms with Crippen LogP contribution in [-0.4, -0.2) is 17.6 Å². The first-order chi connectivity index (χ1) is 12.8. The van der Waals surface area contributed by atoms with Gasteiger partial charge in [-0.05, 0) is 29.8 Å². The molecule has 3 aromatic carbocycles. The van der Waals surface area contributed by atoms with Crippen LogP contribution in [0.5, 0.6) is 0 Å². The van der Waals surface area contributed by atoms with E-state index in [9.17, 15) is 5.11 Å². The fourth-order valence-corrected chi connectivity index (χ4v) is 2.79. The molecule has 5 nitrogen and oxygen atoms in total. The lowest BCUT2D eigenvalue weighted by Crippen LogP contribution is -2.48. The minimum Gasteiger partial charge on any atom is -0.392 e. The number of benzene rings is 3. The summed E-state index contributed by atoms with van der Waals surface area (Å²) in [4.78, 5) is 0. The smallest absolute Gasteiger partial charge is 0.199 e. The van der Waals surface area contributed by atoms with Crippen molar-refractivity contribution in [3.63, 3.8) is 0 Å². The molecule has 0 amide bonds. The Labute approximate surface area is 152 Å². The van der Waals surface area contributed by atoms with Crippen LogP contribution in [0.15, 0.2) is 90.0 Å². The third-order valence-corrected chi connectivity index (χ3v) is 4.20. The average Bonchev–Trinajstić information content (AvgIpc) is 2.75. The van der Waals surface area contributed by atoms with Crippen LogP contribution in [0.25, 0.3) is 0 Å². The van der Waals surface area contributed by atoms with Gasteiger partial charge in [-0.15, -0.1) is 10.5 Å². The van der Waals surface area contributed by atoms with E-state index in [2.05, 4.69) is 0 Å². The summed E-state index contributed by atoms with van der Waals surface area (Å²) in [5.41, 5.74) is 8.52. The van der Waals surface area contributed by atoms with Crippen molar-refractivity contribution in [2.75, 3.05) is 16.7 Å². The van der Waals surface area contributed by atoms with E-state index in [1.54, 1.807) is 0 Å². The molecule has 1 aliphatic rings. The van der Waals surface area contributed by atoms with E-state index in [1.165, 1.54) is 0 Å². The van der Waals surface area contributed by atoms with Gasteiger partial charge in [-0.25, -0.2) is 10.0 Å². The highest BCUT2D eigenvalue weighted by molar-refractivity contribution is 6.00. The normalized spacial score (nSPS) is 14.0. The third-order valence-electron chi connectivity index (χ3n) is 4.20. The third kappa shape index (κ3) is 3.38. The maximum absolute atomic E-state index is 9.25. The van der Waals surface area contributed by atoms with Gasteiger partial charge in [0.2, 0.25) is 0 Å². The van der Waals surface area contributed by atoms with Gasteiger partial charge in [0.1, 0.15) is 6.67 Å². The molecule has 0 unspecified atom stereocenters. The summed E-state index contributed by atoms with van der Waals surface area (Å²) in [5.74, 6) is 0.633. The van der Waals surface area contributed by atoms with Gasteiger partial charge < -0.3 is 5.11 Å². The Balaban J connectivity index is 1.71. The van der Waals surface area contributed by atoms with E-state index >= 15 is 0 Å². The Morgan fingerprint density at radius 3 is 1.88 bits per heavy atom. The maximum atomic E-state index is 9.25. The highest BCUT2D eigenvalue weighted by atomic mass is 16.3. The van der Waals surface area contributed by atoms with E-state index in [-0.39, 0.29) is 6.61 Å². The number of hydrogen-bond acceptors (Lipinski definition) is 4. The molecule has 0 saturated heterocycles. The van der Waals surface area contributed by atoms with Gasteiger partial charge in [0.25, 0.3) is 0 Å². The summed E-state index contributed by atoms with van der Waals surface area (Å²) in [6.45, 7) is 0.558. The number of hydrazone groups is 1. The maximum Gasteiger partial charge on any atom is 0.199 e. The van der Waals surface area contributed by atoms with Gasteiger partial charge >= 0.3 is 0 Å². The Hall–Kier alpha value is -3.31. The van der Waals surface area contributed by atoms with Crippen LogP contribution < -0.4 is 15.4 Å². The summed E-state index contributed by atoms with van der Waals surface area (Å²) < 4.78 is 0. The summed E-state index contributed by atoms with van der Waals surface area (Å²) in [7, 11) is 0. The summed E-state index contributed by atoms with van der Waals surface area (Å²) in [5, 5.41) is 17.9. The predicted molar refractivity (Wildman–Crippen MR) is 104 cm³/mol. The molecule has 4 rings (SSSR count). The number of aliphatic hydroxyl groups is 1. The lowest BCUT2D eigenvalue weighted by atomic mass is 10.1. The highest BCUT2D eigenvalue weighted by Crippen LogP contribution is 2.22. The fraction of sp³-hybridized carbons (Fsp3) is 0.0952. The highest BCUT2D eigenvalue weighted by Gasteiger charge is 2.23. The zero-order valence-corrected chi connectivity index (χ0v) is 14.2. The van der Waals surface area contributed by atoms with E-state index in [0.29, 0.717) is 12.5 Å². The Morgan fingerprint density at radius 1 is 0.731 bits per heavy atom. The number of nitrogens with zero attached hydrogens (tertiary/aromatic N) is 4. The first-order valence-electron chi connectivity index (χ1n) is 8.49. The first-order valence-corrected chi connectivity index (χ1v) is 8.49. The van der Waals surface area contributed by atoms with Crippen molar-refractivity contribution in [2.45, 2.75) is 6.61 Å². The fourth-order valence-electron chi connectivity index (χ4n) is 2.79. The number of amidine groups is 1. The van der Waals surface area contributed by atoms with E-state index in [1.807, 2.05) is 94.9 Å². The van der Waals surface area contributed by atoms with Crippen LogP contribution >= 0.6 is 0 Å². The molecule has 1 radical (unpaired) electrons. The second kappa shape index (κ2) is 7.29. The van der Waals surface area contributed by atoms with Gasteiger partial charge in [0.15, 0.2) is 5.84 Å². The molecule has 5 heteroatoms. The largest absolute Gasteiger partial charge is 0.392 e. The molecule has 1 heterocycles. The van der Waals surface area contributed by atoms with Gasteiger partial charge in [-0.3, -0.25) is 0 Å². The molecule has 1 aliphatic heterocycles. The van der Waals surface area contributed by atoms with Crippen LogP contribution in [-0.2, 0) is 6.61 Å². The van der Waals surface area contributed by atoms with E-state index < -0.39 is 0 Å². The molecule has 0 saturated carbocycles. The van der Waals surface area contributed by atoms with Crippen LogP contribution in [0, 0.1) is 0 Å². The Kier molecular flexibility index (Phi) is 4.53. The first kappa shape index (κ1) is 16.2. The Morgan fingerprint density at radius 2 is 1.31 bits per heavy atom. The zero-order chi connectivity index (χ0) is 17.8. The molecular weight excluding hydrogens is 324 g/mol. The number of para-hydroxylation sites is 2. The molecule has 0 aliphatic carbocycles. The molecule has 0 bridgehead atoms. The lowest BCUT2D eigenvalue weighted by molar-refractivity contribution is 0.282. The summed E-state index contributed by atoms with van der Waals surface area (Å²) in [6, 6.07) is 27.8. The molecule has 0 fully saturated rings. The molecule has 129 valence electrons. The summed E-state index contributed by atoms with van der Waals surface area (Å²) in [6.07, 6.45) is 0. The van der Waals surface area contributed by atoms with E-state index in [0.717, 1.165) is 22.5 Å². The summed E-state index contributed by atoms with van der Waals surface area (Å²) >= 11 is 0. The second-order valence-electron chi connectivity index (χ2n) is 5.99. The molecule has 26 heavy (non-hydrogen) atoms. The monoisotopic (exact) mass is 343 g/mol. The standard InChI is InChI=1S/C21H19N4O/c26-15-17-11-13-18(14-12-17)21-22-24(19-7-3-1-4-8-19)16-25(23-21)20-9-5-2-6-10-20/h1-14,26H,15-16H2. The minimum atomic E-state index is 0.0240. The number of hydrogen-bond donors (Lipinski definition) is 1. The van der Waals surface area contributed by atoms with Crippen LogP contribution in [0.4, 0.5) is 11.4 Å². The van der Waals surface area contributed by atoms with E-state index in [4.69, 9.17) is 10.5 Å². The Bertz CT molecular complexity index is 879. The molecule has 0 atom stereocenters. The van der Waals surface area contributed by atoms with Crippen LogP contribution in [0.3, 0.4) is 0 Å². The van der Waals surface area contributed by atoms with Crippen molar-refractivity contribution in [3.8, 4) is 0 Å². The van der Waals surface area contributed by atoms with Crippen molar-refractivity contribution < 1.29 is 5.11 Å².